The van der Waals surface area contributed by atoms with Crippen LogP contribution in [0.15, 0.2) is 47.1 Å². The number of carbonyl (C=O) groups is 1. The Bertz CT molecular complexity index is 608. The second-order valence-corrected chi connectivity index (χ2v) is 4.89. The normalized spacial score (nSPS) is 11.7. The Hall–Kier alpha value is -2.34. The molecule has 0 bridgehead atoms. The van der Waals surface area contributed by atoms with E-state index in [0.29, 0.717) is 23.0 Å². The van der Waals surface area contributed by atoms with Crippen LogP contribution in [-0.2, 0) is 11.3 Å². The Morgan fingerprint density at radius 3 is 2.67 bits per heavy atom. The summed E-state index contributed by atoms with van der Waals surface area (Å²) in [6, 6.07) is 10.5. The fourth-order valence-electron chi connectivity index (χ4n) is 1.69. The Balaban J connectivity index is 1.86. The molecule has 0 radical (unpaired) electrons. The molecule has 1 unspecified atom stereocenters. The molecule has 0 saturated heterocycles. The summed E-state index contributed by atoms with van der Waals surface area (Å²) in [7, 11) is 0. The second-order valence-electron chi connectivity index (χ2n) is 4.45. The van der Waals surface area contributed by atoms with Crippen LogP contribution >= 0.6 is 12.2 Å². The van der Waals surface area contributed by atoms with Gasteiger partial charge in [-0.15, -0.1) is 0 Å². The highest BCUT2D eigenvalue weighted by molar-refractivity contribution is 7.80. The molecule has 6 heteroatoms. The maximum absolute atomic E-state index is 11.9. The topological polar surface area (TPSA) is 77.5 Å². The van der Waals surface area contributed by atoms with E-state index < -0.39 is 6.10 Å². The van der Waals surface area contributed by atoms with E-state index in [1.54, 1.807) is 49.6 Å². The van der Waals surface area contributed by atoms with Crippen LogP contribution in [0.25, 0.3) is 0 Å². The molecule has 3 N–H and O–H groups in total. The lowest BCUT2D eigenvalue weighted by Gasteiger charge is -2.14. The zero-order valence-electron chi connectivity index (χ0n) is 11.5. The van der Waals surface area contributed by atoms with Crippen molar-refractivity contribution in [2.24, 2.45) is 5.73 Å². The van der Waals surface area contributed by atoms with Gasteiger partial charge >= 0.3 is 0 Å². The van der Waals surface area contributed by atoms with Crippen molar-refractivity contribution in [1.82, 2.24) is 5.32 Å². The summed E-state index contributed by atoms with van der Waals surface area (Å²) in [4.78, 5) is 12.2. The third-order valence-electron chi connectivity index (χ3n) is 2.84. The zero-order valence-corrected chi connectivity index (χ0v) is 12.4. The summed E-state index contributed by atoms with van der Waals surface area (Å²) in [5.41, 5.74) is 6.27. The Labute approximate surface area is 128 Å². The number of amides is 1. The summed E-state index contributed by atoms with van der Waals surface area (Å²) in [5.74, 6) is 1.05. The minimum atomic E-state index is -0.615. The number of nitrogens with two attached hydrogens (primary N) is 1. The molecule has 0 saturated carbocycles. The van der Waals surface area contributed by atoms with E-state index in [0.717, 1.165) is 5.56 Å². The van der Waals surface area contributed by atoms with Crippen molar-refractivity contribution >= 4 is 23.1 Å². The number of hydrogen-bond acceptors (Lipinski definition) is 4. The van der Waals surface area contributed by atoms with E-state index in [1.807, 2.05) is 0 Å². The minimum absolute atomic E-state index is 0.218. The molecule has 2 aromatic rings. The van der Waals surface area contributed by atoms with Crippen LogP contribution in [0, 0.1) is 0 Å². The van der Waals surface area contributed by atoms with Gasteiger partial charge < -0.3 is 20.2 Å². The van der Waals surface area contributed by atoms with Gasteiger partial charge in [0.15, 0.2) is 6.10 Å². The molecule has 0 aliphatic carbocycles. The first-order chi connectivity index (χ1) is 10.1. The third-order valence-corrected chi connectivity index (χ3v) is 3.07. The monoisotopic (exact) mass is 304 g/mol. The lowest BCUT2D eigenvalue weighted by Crippen LogP contribution is -2.35. The van der Waals surface area contributed by atoms with Gasteiger partial charge in [-0.2, -0.15) is 0 Å². The molecular formula is C15H16N2O3S. The molecule has 2 rings (SSSR count). The minimum Gasteiger partial charge on any atom is -0.481 e. The van der Waals surface area contributed by atoms with Crippen LogP contribution in [0.2, 0.25) is 0 Å². The number of nitrogens with one attached hydrogen (secondary N) is 1. The van der Waals surface area contributed by atoms with Crippen molar-refractivity contribution < 1.29 is 13.9 Å². The van der Waals surface area contributed by atoms with Crippen molar-refractivity contribution in [3.05, 3.63) is 54.0 Å². The number of hydrogen-bond donors (Lipinski definition) is 2. The maximum atomic E-state index is 11.9. The molecular weight excluding hydrogens is 288 g/mol. The van der Waals surface area contributed by atoms with Crippen molar-refractivity contribution in [3.8, 4) is 5.75 Å². The van der Waals surface area contributed by atoms with Gasteiger partial charge in [-0.1, -0.05) is 12.2 Å². The van der Waals surface area contributed by atoms with Gasteiger partial charge in [0.25, 0.3) is 5.91 Å². The number of carbonyl (C=O) groups excluding carboxylic acids is 1. The van der Waals surface area contributed by atoms with E-state index in [2.05, 4.69) is 5.32 Å². The Morgan fingerprint density at radius 1 is 1.38 bits per heavy atom. The summed E-state index contributed by atoms with van der Waals surface area (Å²) >= 11 is 4.87. The first-order valence-electron chi connectivity index (χ1n) is 6.43. The molecule has 0 fully saturated rings. The van der Waals surface area contributed by atoms with E-state index >= 15 is 0 Å². The molecule has 1 aromatic carbocycles. The lowest BCUT2D eigenvalue weighted by molar-refractivity contribution is -0.127. The molecule has 0 spiro atoms. The SMILES string of the molecule is CC(Oc1ccc(C(N)=S)cc1)C(=O)NCc1ccco1. The van der Waals surface area contributed by atoms with Crippen molar-refractivity contribution in [2.45, 2.75) is 19.6 Å². The number of thiocarbonyl (C=S) groups is 1. The van der Waals surface area contributed by atoms with Gasteiger partial charge in [0.05, 0.1) is 12.8 Å². The first-order valence-corrected chi connectivity index (χ1v) is 6.83. The van der Waals surface area contributed by atoms with Crippen LogP contribution in [0.1, 0.15) is 18.2 Å². The number of benzene rings is 1. The summed E-state index contributed by atoms with van der Waals surface area (Å²) in [5, 5.41) is 2.74. The van der Waals surface area contributed by atoms with Gasteiger partial charge in [0, 0.05) is 5.56 Å². The first kappa shape index (κ1) is 15.1. The molecule has 1 atom stereocenters. The Morgan fingerprint density at radius 2 is 2.10 bits per heavy atom. The average molecular weight is 304 g/mol. The predicted octanol–water partition coefficient (Wildman–Crippen LogP) is 2.00. The predicted molar refractivity (Wildman–Crippen MR) is 83.0 cm³/mol. The van der Waals surface area contributed by atoms with Gasteiger partial charge in [0.1, 0.15) is 16.5 Å². The molecule has 1 aromatic heterocycles. The molecule has 0 aliphatic rings. The van der Waals surface area contributed by atoms with E-state index in [9.17, 15) is 4.79 Å². The molecule has 0 aliphatic heterocycles. The summed E-state index contributed by atoms with van der Waals surface area (Å²) in [6.07, 6.45) is 0.945. The molecule has 1 amide bonds. The maximum Gasteiger partial charge on any atom is 0.261 e. The van der Waals surface area contributed by atoms with Crippen molar-refractivity contribution in [1.29, 1.82) is 0 Å². The van der Waals surface area contributed by atoms with E-state index in [1.165, 1.54) is 0 Å². The lowest BCUT2D eigenvalue weighted by atomic mass is 10.2. The van der Waals surface area contributed by atoms with Crippen LogP contribution in [0.4, 0.5) is 0 Å². The fraction of sp³-hybridized carbons (Fsp3) is 0.200. The second kappa shape index (κ2) is 6.90. The van der Waals surface area contributed by atoms with E-state index in [4.69, 9.17) is 27.1 Å². The number of furan rings is 1. The zero-order chi connectivity index (χ0) is 15.2. The van der Waals surface area contributed by atoms with Crippen molar-refractivity contribution in [2.75, 3.05) is 0 Å². The van der Waals surface area contributed by atoms with Crippen molar-refractivity contribution in [3.63, 3.8) is 0 Å². The Kier molecular flexibility index (Phi) is 4.94. The molecule has 5 nitrogen and oxygen atoms in total. The molecule has 21 heavy (non-hydrogen) atoms. The highest BCUT2D eigenvalue weighted by atomic mass is 32.1. The largest absolute Gasteiger partial charge is 0.481 e. The quantitative estimate of drug-likeness (QED) is 0.798. The fourth-order valence-corrected chi connectivity index (χ4v) is 1.82. The third kappa shape index (κ3) is 4.32. The van der Waals surface area contributed by atoms with Crippen LogP contribution in [0.3, 0.4) is 0 Å². The van der Waals surface area contributed by atoms with Gasteiger partial charge in [-0.3, -0.25) is 4.79 Å². The van der Waals surface area contributed by atoms with Gasteiger partial charge in [-0.25, -0.2) is 0 Å². The molecule has 110 valence electrons. The summed E-state index contributed by atoms with van der Waals surface area (Å²) < 4.78 is 10.7. The highest BCUT2D eigenvalue weighted by Crippen LogP contribution is 2.14. The standard InChI is InChI=1S/C15H16N2O3S/c1-10(15(18)17-9-13-3-2-8-19-13)20-12-6-4-11(5-7-12)14(16)21/h2-8,10H,9H2,1H3,(H2,16,21)(H,17,18). The molecule has 1 heterocycles. The smallest absolute Gasteiger partial charge is 0.261 e. The van der Waals surface area contributed by atoms with Crippen LogP contribution < -0.4 is 15.8 Å². The van der Waals surface area contributed by atoms with Gasteiger partial charge in [0.2, 0.25) is 0 Å². The highest BCUT2D eigenvalue weighted by Gasteiger charge is 2.14. The van der Waals surface area contributed by atoms with Crippen LogP contribution in [-0.4, -0.2) is 17.0 Å². The average Bonchev–Trinajstić information content (AvgIpc) is 2.98. The van der Waals surface area contributed by atoms with Crippen LogP contribution in [0.5, 0.6) is 5.75 Å². The summed E-state index contributed by atoms with van der Waals surface area (Å²) in [6.45, 7) is 2.01. The van der Waals surface area contributed by atoms with Gasteiger partial charge in [-0.05, 0) is 43.3 Å². The number of rotatable bonds is 6. The number of ether oxygens (including phenoxy) is 1. The van der Waals surface area contributed by atoms with E-state index in [-0.39, 0.29) is 5.91 Å².